The van der Waals surface area contributed by atoms with Crippen molar-refractivity contribution in [2.75, 3.05) is 13.7 Å². The third kappa shape index (κ3) is 4.62. The summed E-state index contributed by atoms with van der Waals surface area (Å²) in [5, 5.41) is 5.04. The molecule has 0 aliphatic rings. The smallest absolute Gasteiger partial charge is 0.258 e. The van der Waals surface area contributed by atoms with Gasteiger partial charge in [-0.2, -0.15) is 0 Å². The lowest BCUT2D eigenvalue weighted by Crippen LogP contribution is -2.28. The number of nitrogens with one attached hydrogen (secondary N) is 1. The van der Waals surface area contributed by atoms with Crippen LogP contribution in [0.5, 0.6) is 5.75 Å². The summed E-state index contributed by atoms with van der Waals surface area (Å²) in [7, 11) is 1.67. The van der Waals surface area contributed by atoms with Gasteiger partial charge in [-0.1, -0.05) is 54.6 Å². The first kappa shape index (κ1) is 18.4. The quantitative estimate of drug-likeness (QED) is 0.622. The Hall–Kier alpha value is -2.37. The van der Waals surface area contributed by atoms with E-state index in [0.29, 0.717) is 18.9 Å². The Labute approximate surface area is 161 Å². The van der Waals surface area contributed by atoms with Gasteiger partial charge in [0.1, 0.15) is 5.75 Å². The number of rotatable bonds is 7. The van der Waals surface area contributed by atoms with Gasteiger partial charge in [0.05, 0.1) is 11.1 Å². The molecule has 0 aromatic heterocycles. The second-order valence-electron chi connectivity index (χ2n) is 5.91. The van der Waals surface area contributed by atoms with E-state index in [4.69, 9.17) is 9.47 Å². The molecule has 0 atom stereocenters. The average Bonchev–Trinajstić information content (AvgIpc) is 2.67. The first-order valence-electron chi connectivity index (χ1n) is 8.31. The summed E-state index contributed by atoms with van der Waals surface area (Å²) < 4.78 is 11.6. The van der Waals surface area contributed by atoms with Crippen LogP contribution in [0.4, 0.5) is 0 Å². The number of methoxy groups -OCH3 is 1. The number of fused-ring (bicyclic) bond motifs is 1. The molecular formula is C21H20BrNO3. The van der Waals surface area contributed by atoms with Crippen LogP contribution < -0.4 is 10.1 Å². The summed E-state index contributed by atoms with van der Waals surface area (Å²) in [6, 6.07) is 19.8. The van der Waals surface area contributed by atoms with Crippen molar-refractivity contribution in [2.24, 2.45) is 0 Å². The van der Waals surface area contributed by atoms with Gasteiger partial charge >= 0.3 is 0 Å². The highest BCUT2D eigenvalue weighted by molar-refractivity contribution is 9.10. The number of amides is 1. The molecule has 0 spiro atoms. The molecule has 0 aliphatic carbocycles. The SMILES string of the molecule is COCc1ccc(CNC(=O)COc2ccc3ccccc3c2Br)cc1. The van der Waals surface area contributed by atoms with Crippen LogP contribution in [0.25, 0.3) is 10.8 Å². The number of hydrogen-bond acceptors (Lipinski definition) is 3. The molecule has 3 rings (SSSR count). The van der Waals surface area contributed by atoms with E-state index in [-0.39, 0.29) is 12.5 Å². The van der Waals surface area contributed by atoms with Crippen molar-refractivity contribution in [2.45, 2.75) is 13.2 Å². The van der Waals surface area contributed by atoms with E-state index < -0.39 is 0 Å². The van der Waals surface area contributed by atoms with E-state index in [1.54, 1.807) is 7.11 Å². The van der Waals surface area contributed by atoms with Crippen molar-refractivity contribution in [3.63, 3.8) is 0 Å². The highest BCUT2D eigenvalue weighted by Gasteiger charge is 2.08. The Kier molecular flexibility index (Phi) is 6.26. The van der Waals surface area contributed by atoms with Crippen LogP contribution in [0.15, 0.2) is 65.1 Å². The molecule has 26 heavy (non-hydrogen) atoms. The molecule has 0 saturated heterocycles. The van der Waals surface area contributed by atoms with Crippen LogP contribution in [0.3, 0.4) is 0 Å². The van der Waals surface area contributed by atoms with Gasteiger partial charge in [-0.15, -0.1) is 0 Å². The van der Waals surface area contributed by atoms with E-state index in [1.165, 1.54) is 0 Å². The Balaban J connectivity index is 1.53. The molecule has 0 bridgehead atoms. The summed E-state index contributed by atoms with van der Waals surface area (Å²) in [5.74, 6) is 0.494. The molecule has 5 heteroatoms. The lowest BCUT2D eigenvalue weighted by atomic mass is 10.1. The summed E-state index contributed by atoms with van der Waals surface area (Å²) in [6.45, 7) is 1.02. The van der Waals surface area contributed by atoms with Crippen LogP contribution >= 0.6 is 15.9 Å². The molecule has 0 aliphatic heterocycles. The monoisotopic (exact) mass is 413 g/mol. The van der Waals surface area contributed by atoms with Gasteiger partial charge in [0.2, 0.25) is 0 Å². The molecule has 0 saturated carbocycles. The molecule has 3 aromatic carbocycles. The molecule has 134 valence electrons. The molecule has 0 heterocycles. The fourth-order valence-corrected chi connectivity index (χ4v) is 3.25. The van der Waals surface area contributed by atoms with E-state index in [1.807, 2.05) is 60.7 Å². The number of halogens is 1. The third-order valence-corrected chi connectivity index (χ3v) is 4.83. The Morgan fingerprint density at radius 3 is 2.50 bits per heavy atom. The van der Waals surface area contributed by atoms with Gasteiger partial charge in [-0.3, -0.25) is 4.79 Å². The van der Waals surface area contributed by atoms with Crippen LogP contribution in [0.2, 0.25) is 0 Å². The van der Waals surface area contributed by atoms with Crippen LogP contribution in [-0.4, -0.2) is 19.6 Å². The molecule has 0 fully saturated rings. The first-order chi connectivity index (χ1) is 12.7. The van der Waals surface area contributed by atoms with Crippen LogP contribution in [0.1, 0.15) is 11.1 Å². The largest absolute Gasteiger partial charge is 0.483 e. The van der Waals surface area contributed by atoms with Crippen LogP contribution in [-0.2, 0) is 22.7 Å². The average molecular weight is 414 g/mol. The molecule has 1 N–H and O–H groups in total. The number of carbonyl (C=O) groups excluding carboxylic acids is 1. The summed E-state index contributed by atoms with van der Waals surface area (Å²) in [5.41, 5.74) is 2.14. The van der Waals surface area contributed by atoms with Gasteiger partial charge < -0.3 is 14.8 Å². The zero-order valence-electron chi connectivity index (χ0n) is 14.5. The van der Waals surface area contributed by atoms with Gasteiger partial charge in [-0.05, 0) is 43.9 Å². The van der Waals surface area contributed by atoms with Gasteiger partial charge in [0.15, 0.2) is 6.61 Å². The van der Waals surface area contributed by atoms with Crippen molar-refractivity contribution in [3.8, 4) is 5.75 Å². The van der Waals surface area contributed by atoms with Gasteiger partial charge in [0, 0.05) is 13.7 Å². The predicted molar refractivity (Wildman–Crippen MR) is 106 cm³/mol. The summed E-state index contributed by atoms with van der Waals surface area (Å²) >= 11 is 3.56. The van der Waals surface area contributed by atoms with Gasteiger partial charge in [-0.25, -0.2) is 0 Å². The molecule has 1 amide bonds. The highest BCUT2D eigenvalue weighted by atomic mass is 79.9. The van der Waals surface area contributed by atoms with Crippen molar-refractivity contribution >= 4 is 32.6 Å². The zero-order valence-corrected chi connectivity index (χ0v) is 16.1. The number of ether oxygens (including phenoxy) is 2. The number of benzene rings is 3. The van der Waals surface area contributed by atoms with E-state index in [9.17, 15) is 4.79 Å². The summed E-state index contributed by atoms with van der Waals surface area (Å²) in [4.78, 5) is 12.1. The van der Waals surface area contributed by atoms with E-state index >= 15 is 0 Å². The van der Waals surface area contributed by atoms with Crippen LogP contribution in [0, 0.1) is 0 Å². The third-order valence-electron chi connectivity index (χ3n) is 4.01. The predicted octanol–water partition coefficient (Wildman–Crippen LogP) is 4.44. The number of carbonyl (C=O) groups is 1. The Morgan fingerprint density at radius 2 is 1.73 bits per heavy atom. The van der Waals surface area contributed by atoms with Crippen molar-refractivity contribution in [3.05, 3.63) is 76.3 Å². The standard InChI is InChI=1S/C21H20BrNO3/c1-25-13-16-8-6-15(7-9-16)12-23-20(24)14-26-19-11-10-17-4-2-3-5-18(17)21(19)22/h2-11H,12-14H2,1H3,(H,23,24). The fraction of sp³-hybridized carbons (Fsp3) is 0.190. The lowest BCUT2D eigenvalue weighted by molar-refractivity contribution is -0.123. The first-order valence-corrected chi connectivity index (χ1v) is 9.10. The topological polar surface area (TPSA) is 47.6 Å². The fourth-order valence-electron chi connectivity index (χ4n) is 2.64. The van der Waals surface area contributed by atoms with Crippen molar-refractivity contribution in [1.29, 1.82) is 0 Å². The second-order valence-corrected chi connectivity index (χ2v) is 6.71. The molecular weight excluding hydrogens is 394 g/mol. The molecule has 4 nitrogen and oxygen atoms in total. The maximum atomic E-state index is 12.1. The zero-order chi connectivity index (χ0) is 18.4. The lowest BCUT2D eigenvalue weighted by Gasteiger charge is -2.11. The minimum absolute atomic E-state index is 0.0291. The maximum absolute atomic E-state index is 12.1. The van der Waals surface area contributed by atoms with E-state index in [2.05, 4.69) is 21.2 Å². The molecule has 0 radical (unpaired) electrons. The van der Waals surface area contributed by atoms with Gasteiger partial charge in [0.25, 0.3) is 5.91 Å². The van der Waals surface area contributed by atoms with E-state index in [0.717, 1.165) is 26.4 Å². The van der Waals surface area contributed by atoms with Crippen molar-refractivity contribution < 1.29 is 14.3 Å². The van der Waals surface area contributed by atoms with Crippen molar-refractivity contribution in [1.82, 2.24) is 5.32 Å². The number of hydrogen-bond donors (Lipinski definition) is 1. The Bertz CT molecular complexity index is 893. The Morgan fingerprint density at radius 1 is 1.00 bits per heavy atom. The summed E-state index contributed by atoms with van der Waals surface area (Å²) in [6.07, 6.45) is 0. The maximum Gasteiger partial charge on any atom is 0.258 e. The second kappa shape index (κ2) is 8.83. The molecule has 0 unspecified atom stereocenters. The minimum Gasteiger partial charge on any atom is -0.483 e. The highest BCUT2D eigenvalue weighted by Crippen LogP contribution is 2.32. The normalized spacial score (nSPS) is 10.7. The minimum atomic E-state index is -0.161. The molecule has 3 aromatic rings.